The molecule has 1 fully saturated rings. The van der Waals surface area contributed by atoms with Crippen molar-refractivity contribution in [3.05, 3.63) is 39.7 Å². The lowest BCUT2D eigenvalue weighted by atomic mass is 10.1. The average molecular weight is 408 g/mol. The van der Waals surface area contributed by atoms with Gasteiger partial charge in [0.05, 0.1) is 12.2 Å². The predicted octanol–water partition coefficient (Wildman–Crippen LogP) is 2.83. The summed E-state index contributed by atoms with van der Waals surface area (Å²) in [6, 6.07) is 6.13. The summed E-state index contributed by atoms with van der Waals surface area (Å²) >= 11 is 3.67. The topological polar surface area (TPSA) is 51.0 Å². The molecule has 0 radical (unpaired) electrons. The fraction of sp³-hybridized carbons (Fsp3) is 0.500. The van der Waals surface area contributed by atoms with Gasteiger partial charge in [-0.25, -0.2) is 0 Å². The molecule has 1 saturated heterocycles. The van der Waals surface area contributed by atoms with Crippen molar-refractivity contribution in [3.8, 4) is 11.5 Å². The van der Waals surface area contributed by atoms with Gasteiger partial charge in [0.2, 0.25) is 0 Å². The highest BCUT2D eigenvalue weighted by molar-refractivity contribution is 9.10. The van der Waals surface area contributed by atoms with Gasteiger partial charge in [0.15, 0.2) is 17.3 Å². The molecule has 0 amide bonds. The molecule has 0 spiro atoms. The van der Waals surface area contributed by atoms with Crippen molar-refractivity contribution in [2.75, 3.05) is 39.4 Å². The first-order valence-corrected chi connectivity index (χ1v) is 9.41. The first kappa shape index (κ1) is 16.9. The van der Waals surface area contributed by atoms with E-state index in [0.717, 1.165) is 66.7 Å². The SMILES string of the molecule is Cc1cc(CN2CCN(Cc3cc4c(cc3Br)OCCO4)CC2)on1. The van der Waals surface area contributed by atoms with Crippen molar-refractivity contribution in [1.29, 1.82) is 0 Å². The number of benzene rings is 1. The Morgan fingerprint density at radius 2 is 1.60 bits per heavy atom. The normalized spacial score (nSPS) is 18.5. The van der Waals surface area contributed by atoms with Crippen LogP contribution in [0.5, 0.6) is 11.5 Å². The monoisotopic (exact) mass is 407 g/mol. The van der Waals surface area contributed by atoms with Crippen molar-refractivity contribution >= 4 is 15.9 Å². The second kappa shape index (κ2) is 7.35. The second-order valence-electron chi connectivity index (χ2n) is 6.57. The van der Waals surface area contributed by atoms with Crippen LogP contribution in [0.1, 0.15) is 17.0 Å². The summed E-state index contributed by atoms with van der Waals surface area (Å²) in [5.41, 5.74) is 2.18. The molecule has 2 aromatic rings. The van der Waals surface area contributed by atoms with Crippen LogP contribution >= 0.6 is 15.9 Å². The number of nitrogens with zero attached hydrogens (tertiary/aromatic N) is 3. The largest absolute Gasteiger partial charge is 0.486 e. The van der Waals surface area contributed by atoms with Crippen LogP contribution in [0, 0.1) is 6.92 Å². The number of fused-ring (bicyclic) bond motifs is 1. The van der Waals surface area contributed by atoms with E-state index in [1.54, 1.807) is 0 Å². The summed E-state index contributed by atoms with van der Waals surface area (Å²) in [5.74, 6) is 2.62. The van der Waals surface area contributed by atoms with Gasteiger partial charge in [0.25, 0.3) is 0 Å². The van der Waals surface area contributed by atoms with E-state index in [0.29, 0.717) is 13.2 Å². The molecule has 3 heterocycles. The maximum Gasteiger partial charge on any atom is 0.162 e. The van der Waals surface area contributed by atoms with Gasteiger partial charge in [-0.05, 0) is 24.6 Å². The Balaban J connectivity index is 1.34. The molecule has 1 aromatic carbocycles. The summed E-state index contributed by atoms with van der Waals surface area (Å²) in [6.07, 6.45) is 0. The molecule has 4 rings (SSSR count). The molecule has 0 saturated carbocycles. The Labute approximate surface area is 155 Å². The van der Waals surface area contributed by atoms with E-state index in [2.05, 4.69) is 37.0 Å². The molecular formula is C18H22BrN3O3. The molecule has 1 aromatic heterocycles. The Kier molecular flexibility index (Phi) is 4.96. The lowest BCUT2D eigenvalue weighted by molar-refractivity contribution is 0.113. The first-order valence-electron chi connectivity index (χ1n) is 8.62. The Hall–Kier alpha value is -1.57. The summed E-state index contributed by atoms with van der Waals surface area (Å²) < 4.78 is 17.7. The van der Waals surface area contributed by atoms with E-state index < -0.39 is 0 Å². The maximum atomic E-state index is 5.70. The van der Waals surface area contributed by atoms with Crippen LogP contribution in [-0.4, -0.2) is 54.3 Å². The number of ether oxygens (including phenoxy) is 2. The van der Waals surface area contributed by atoms with Gasteiger partial charge in [-0.3, -0.25) is 9.80 Å². The van der Waals surface area contributed by atoms with E-state index in [-0.39, 0.29) is 0 Å². The van der Waals surface area contributed by atoms with E-state index in [1.165, 1.54) is 5.56 Å². The molecule has 7 heteroatoms. The highest BCUT2D eigenvalue weighted by Gasteiger charge is 2.21. The minimum atomic E-state index is 0.617. The van der Waals surface area contributed by atoms with Gasteiger partial charge in [-0.2, -0.15) is 0 Å². The predicted molar refractivity (Wildman–Crippen MR) is 96.9 cm³/mol. The van der Waals surface area contributed by atoms with Crippen molar-refractivity contribution < 1.29 is 14.0 Å². The smallest absolute Gasteiger partial charge is 0.162 e. The minimum absolute atomic E-state index is 0.617. The molecule has 25 heavy (non-hydrogen) atoms. The molecule has 0 atom stereocenters. The summed E-state index contributed by atoms with van der Waals surface area (Å²) in [5, 5.41) is 3.96. The van der Waals surface area contributed by atoms with Crippen LogP contribution in [-0.2, 0) is 13.1 Å². The third kappa shape index (κ3) is 3.99. The van der Waals surface area contributed by atoms with Crippen molar-refractivity contribution in [3.63, 3.8) is 0 Å². The lowest BCUT2D eigenvalue weighted by Crippen LogP contribution is -2.45. The van der Waals surface area contributed by atoms with Crippen LogP contribution in [0.2, 0.25) is 0 Å². The molecule has 0 unspecified atom stereocenters. The van der Waals surface area contributed by atoms with Crippen LogP contribution in [0.15, 0.2) is 27.2 Å². The third-order valence-electron chi connectivity index (χ3n) is 4.63. The van der Waals surface area contributed by atoms with Crippen molar-refractivity contribution in [2.24, 2.45) is 0 Å². The average Bonchev–Trinajstić information content (AvgIpc) is 3.02. The zero-order valence-electron chi connectivity index (χ0n) is 14.3. The number of rotatable bonds is 4. The highest BCUT2D eigenvalue weighted by atomic mass is 79.9. The van der Waals surface area contributed by atoms with Gasteiger partial charge in [0, 0.05) is 43.3 Å². The molecule has 0 bridgehead atoms. The van der Waals surface area contributed by atoms with Crippen LogP contribution in [0.4, 0.5) is 0 Å². The number of aromatic nitrogens is 1. The molecule has 134 valence electrons. The standard InChI is InChI=1S/C18H22BrN3O3/c1-13-8-15(25-20-13)12-22-4-2-21(3-5-22)11-14-9-17-18(10-16(14)19)24-7-6-23-17/h8-10H,2-7,11-12H2,1H3. The number of halogens is 1. The van der Waals surface area contributed by atoms with Gasteiger partial charge < -0.3 is 14.0 Å². The zero-order chi connectivity index (χ0) is 17.2. The van der Waals surface area contributed by atoms with E-state index in [1.807, 2.05) is 19.1 Å². The van der Waals surface area contributed by atoms with Crippen molar-refractivity contribution in [2.45, 2.75) is 20.0 Å². The molecule has 2 aliphatic heterocycles. The summed E-state index contributed by atoms with van der Waals surface area (Å²) in [4.78, 5) is 4.88. The molecule has 6 nitrogen and oxygen atoms in total. The summed E-state index contributed by atoms with van der Waals surface area (Å²) in [7, 11) is 0. The minimum Gasteiger partial charge on any atom is -0.486 e. The number of hydrogen-bond acceptors (Lipinski definition) is 6. The van der Waals surface area contributed by atoms with Crippen LogP contribution in [0.3, 0.4) is 0 Å². The molecular weight excluding hydrogens is 386 g/mol. The second-order valence-corrected chi connectivity index (χ2v) is 7.43. The quantitative estimate of drug-likeness (QED) is 0.776. The zero-order valence-corrected chi connectivity index (χ0v) is 15.9. The maximum absolute atomic E-state index is 5.70. The lowest BCUT2D eigenvalue weighted by Gasteiger charge is -2.34. The number of hydrogen-bond donors (Lipinski definition) is 0. The molecule has 2 aliphatic rings. The Morgan fingerprint density at radius 1 is 0.960 bits per heavy atom. The van der Waals surface area contributed by atoms with Gasteiger partial charge in [-0.1, -0.05) is 21.1 Å². The van der Waals surface area contributed by atoms with Gasteiger partial charge in [-0.15, -0.1) is 0 Å². The van der Waals surface area contributed by atoms with Crippen LogP contribution in [0.25, 0.3) is 0 Å². The van der Waals surface area contributed by atoms with E-state index >= 15 is 0 Å². The van der Waals surface area contributed by atoms with Crippen molar-refractivity contribution in [1.82, 2.24) is 15.0 Å². The Morgan fingerprint density at radius 3 is 2.24 bits per heavy atom. The first-order chi connectivity index (χ1) is 12.2. The number of aryl methyl sites for hydroxylation is 1. The van der Waals surface area contributed by atoms with Gasteiger partial charge >= 0.3 is 0 Å². The fourth-order valence-electron chi connectivity index (χ4n) is 3.28. The summed E-state index contributed by atoms with van der Waals surface area (Å²) in [6.45, 7) is 9.07. The Bertz CT molecular complexity index is 741. The highest BCUT2D eigenvalue weighted by Crippen LogP contribution is 2.36. The van der Waals surface area contributed by atoms with E-state index in [9.17, 15) is 0 Å². The van der Waals surface area contributed by atoms with Gasteiger partial charge in [0.1, 0.15) is 13.2 Å². The number of piperazine rings is 1. The van der Waals surface area contributed by atoms with E-state index in [4.69, 9.17) is 14.0 Å². The van der Waals surface area contributed by atoms with Crippen LogP contribution < -0.4 is 9.47 Å². The molecule has 0 aliphatic carbocycles. The third-order valence-corrected chi connectivity index (χ3v) is 5.36. The fourth-order valence-corrected chi connectivity index (χ4v) is 3.73. The molecule has 0 N–H and O–H groups in total.